The summed E-state index contributed by atoms with van der Waals surface area (Å²) in [4.78, 5) is 0. The highest BCUT2D eigenvalue weighted by molar-refractivity contribution is 6.31. The average molecular weight is 294 g/mol. The van der Waals surface area contributed by atoms with E-state index in [1.165, 1.54) is 37.7 Å². The molecule has 0 spiro atoms. The number of likely N-dealkylation sites (N-methyl/N-ethyl adjacent to an activating group) is 1. The van der Waals surface area contributed by atoms with Crippen LogP contribution in [0.1, 0.15) is 51.5 Å². The van der Waals surface area contributed by atoms with Gasteiger partial charge in [0.1, 0.15) is 0 Å². The van der Waals surface area contributed by atoms with Crippen molar-refractivity contribution >= 4 is 11.6 Å². The summed E-state index contributed by atoms with van der Waals surface area (Å²) >= 11 is 6.36. The highest BCUT2D eigenvalue weighted by Crippen LogP contribution is 2.46. The van der Waals surface area contributed by atoms with Crippen molar-refractivity contribution in [3.8, 4) is 0 Å². The molecule has 0 aliphatic heterocycles. The van der Waals surface area contributed by atoms with Gasteiger partial charge in [0.15, 0.2) is 0 Å². The van der Waals surface area contributed by atoms with Crippen LogP contribution in [0.25, 0.3) is 0 Å². The highest BCUT2D eigenvalue weighted by atomic mass is 35.5. The Balaban J connectivity index is 2.19. The maximum atomic E-state index is 6.36. The molecule has 1 aliphatic carbocycles. The van der Waals surface area contributed by atoms with Crippen molar-refractivity contribution < 1.29 is 0 Å². The number of nitrogens with one attached hydrogen (secondary N) is 1. The monoisotopic (exact) mass is 293 g/mol. The van der Waals surface area contributed by atoms with Crippen LogP contribution in [0.5, 0.6) is 0 Å². The van der Waals surface area contributed by atoms with Gasteiger partial charge in [0.25, 0.3) is 0 Å². The Morgan fingerprint density at radius 3 is 2.40 bits per heavy atom. The van der Waals surface area contributed by atoms with Crippen LogP contribution in [0.2, 0.25) is 5.02 Å². The van der Waals surface area contributed by atoms with Crippen LogP contribution in [0.15, 0.2) is 24.3 Å². The first-order valence-corrected chi connectivity index (χ1v) is 8.36. The van der Waals surface area contributed by atoms with Gasteiger partial charge in [-0.1, -0.05) is 56.5 Å². The van der Waals surface area contributed by atoms with E-state index in [2.05, 4.69) is 38.3 Å². The molecule has 1 N–H and O–H groups in total. The Hall–Kier alpha value is -0.530. The summed E-state index contributed by atoms with van der Waals surface area (Å²) in [5.74, 6) is 0.759. The van der Waals surface area contributed by atoms with Gasteiger partial charge in [-0.25, -0.2) is 0 Å². The number of halogens is 1. The molecule has 2 heteroatoms. The Labute approximate surface area is 129 Å². The Morgan fingerprint density at radius 2 is 1.85 bits per heavy atom. The summed E-state index contributed by atoms with van der Waals surface area (Å²) in [5, 5.41) is 4.52. The van der Waals surface area contributed by atoms with E-state index < -0.39 is 0 Å². The van der Waals surface area contributed by atoms with Crippen LogP contribution in [0.3, 0.4) is 0 Å². The minimum atomic E-state index is 0.460. The average Bonchev–Trinajstić information content (AvgIpc) is 2.86. The molecule has 0 heterocycles. The molecule has 0 radical (unpaired) electrons. The molecule has 0 amide bonds. The molecule has 2 rings (SSSR count). The van der Waals surface area contributed by atoms with Crippen LogP contribution in [-0.4, -0.2) is 13.1 Å². The smallest absolute Gasteiger partial charge is 0.0438 e. The molecule has 0 saturated heterocycles. The quantitative estimate of drug-likeness (QED) is 0.771. The summed E-state index contributed by atoms with van der Waals surface area (Å²) in [5.41, 5.74) is 1.74. The van der Waals surface area contributed by atoms with Gasteiger partial charge in [-0.05, 0) is 55.7 Å². The Kier molecular flexibility index (Phi) is 5.51. The molecule has 112 valence electrons. The third-order valence-corrected chi connectivity index (χ3v) is 5.25. The van der Waals surface area contributed by atoms with Gasteiger partial charge in [0.05, 0.1) is 0 Å². The molecular weight excluding hydrogens is 266 g/mol. The van der Waals surface area contributed by atoms with Crippen molar-refractivity contribution in [2.75, 3.05) is 7.05 Å². The lowest BCUT2D eigenvalue weighted by Gasteiger charge is -2.39. The zero-order valence-corrected chi connectivity index (χ0v) is 13.8. The summed E-state index contributed by atoms with van der Waals surface area (Å²) in [6.07, 6.45) is 7.86. The summed E-state index contributed by atoms with van der Waals surface area (Å²) in [6, 6.07) is 8.82. The van der Waals surface area contributed by atoms with Crippen LogP contribution in [-0.2, 0) is 6.42 Å². The number of rotatable bonds is 6. The second-order valence-corrected chi connectivity index (χ2v) is 7.21. The van der Waals surface area contributed by atoms with E-state index in [4.69, 9.17) is 11.6 Å². The fraction of sp³-hybridized carbons (Fsp3) is 0.667. The Morgan fingerprint density at radius 1 is 1.20 bits per heavy atom. The first kappa shape index (κ1) is 15.9. The number of hydrogen-bond donors (Lipinski definition) is 1. The third-order valence-electron chi connectivity index (χ3n) is 4.88. The van der Waals surface area contributed by atoms with Crippen molar-refractivity contribution in [2.24, 2.45) is 11.3 Å². The fourth-order valence-corrected chi connectivity index (χ4v) is 4.31. The van der Waals surface area contributed by atoms with Crippen molar-refractivity contribution in [2.45, 2.75) is 58.4 Å². The lowest BCUT2D eigenvalue weighted by Crippen LogP contribution is -2.44. The molecule has 1 nitrogen and oxygen atoms in total. The van der Waals surface area contributed by atoms with E-state index in [-0.39, 0.29) is 0 Å². The van der Waals surface area contributed by atoms with Gasteiger partial charge in [-0.15, -0.1) is 0 Å². The van der Waals surface area contributed by atoms with Gasteiger partial charge in [-0.3, -0.25) is 0 Å². The van der Waals surface area contributed by atoms with E-state index in [1.807, 2.05) is 12.1 Å². The first-order chi connectivity index (χ1) is 9.57. The lowest BCUT2D eigenvalue weighted by molar-refractivity contribution is 0.160. The second kappa shape index (κ2) is 6.95. The lowest BCUT2D eigenvalue weighted by atomic mass is 9.71. The standard InChI is InChI=1S/C18H28ClN/c1-14(2)13-18(10-6-7-11-18)17(20-3)12-15-8-4-5-9-16(15)19/h4-5,8-9,14,17,20H,6-7,10-13H2,1-3H3. The minimum absolute atomic E-state index is 0.460. The largest absolute Gasteiger partial charge is 0.316 e. The van der Waals surface area contributed by atoms with Crippen LogP contribution in [0.4, 0.5) is 0 Å². The highest BCUT2D eigenvalue weighted by Gasteiger charge is 2.40. The van der Waals surface area contributed by atoms with Gasteiger partial charge >= 0.3 is 0 Å². The first-order valence-electron chi connectivity index (χ1n) is 7.98. The topological polar surface area (TPSA) is 12.0 Å². The van der Waals surface area contributed by atoms with Gasteiger partial charge < -0.3 is 5.32 Å². The molecule has 0 aromatic heterocycles. The minimum Gasteiger partial charge on any atom is -0.316 e. The molecule has 20 heavy (non-hydrogen) atoms. The van der Waals surface area contributed by atoms with E-state index in [0.29, 0.717) is 11.5 Å². The molecular formula is C18H28ClN. The second-order valence-electron chi connectivity index (χ2n) is 6.80. The summed E-state index contributed by atoms with van der Waals surface area (Å²) in [6.45, 7) is 4.70. The molecule has 1 aromatic carbocycles. The van der Waals surface area contributed by atoms with Crippen LogP contribution in [0, 0.1) is 11.3 Å². The normalized spacial score (nSPS) is 19.4. The van der Waals surface area contributed by atoms with Crippen molar-refractivity contribution in [1.29, 1.82) is 0 Å². The summed E-state index contributed by atoms with van der Waals surface area (Å²) in [7, 11) is 2.11. The van der Waals surface area contributed by atoms with Crippen LogP contribution >= 0.6 is 11.6 Å². The van der Waals surface area contributed by atoms with E-state index in [0.717, 1.165) is 17.4 Å². The van der Waals surface area contributed by atoms with Crippen LogP contribution < -0.4 is 5.32 Å². The van der Waals surface area contributed by atoms with Crippen molar-refractivity contribution in [3.63, 3.8) is 0 Å². The van der Waals surface area contributed by atoms with E-state index >= 15 is 0 Å². The SMILES string of the molecule is CNC(Cc1ccccc1Cl)C1(CC(C)C)CCCC1. The molecule has 1 aromatic rings. The Bertz CT molecular complexity index is 421. The molecule has 1 fully saturated rings. The summed E-state index contributed by atoms with van der Waals surface area (Å²) < 4.78 is 0. The van der Waals surface area contributed by atoms with Crippen molar-refractivity contribution in [1.82, 2.24) is 5.32 Å². The maximum Gasteiger partial charge on any atom is 0.0438 e. The molecule has 1 atom stereocenters. The number of hydrogen-bond acceptors (Lipinski definition) is 1. The maximum absolute atomic E-state index is 6.36. The fourth-order valence-electron chi connectivity index (χ4n) is 4.10. The number of benzene rings is 1. The predicted octanol–water partition coefficient (Wildman–Crippen LogP) is 5.08. The predicted molar refractivity (Wildman–Crippen MR) is 88.4 cm³/mol. The van der Waals surface area contributed by atoms with Crippen molar-refractivity contribution in [3.05, 3.63) is 34.9 Å². The van der Waals surface area contributed by atoms with Gasteiger partial charge in [0, 0.05) is 11.1 Å². The zero-order chi connectivity index (χ0) is 14.6. The molecule has 1 aliphatic rings. The third kappa shape index (κ3) is 3.56. The van der Waals surface area contributed by atoms with Gasteiger partial charge in [-0.2, -0.15) is 0 Å². The molecule has 0 bridgehead atoms. The van der Waals surface area contributed by atoms with E-state index in [1.54, 1.807) is 0 Å². The zero-order valence-electron chi connectivity index (χ0n) is 13.1. The molecule has 1 saturated carbocycles. The van der Waals surface area contributed by atoms with E-state index in [9.17, 15) is 0 Å². The molecule has 1 unspecified atom stereocenters. The van der Waals surface area contributed by atoms with Gasteiger partial charge in [0.2, 0.25) is 0 Å².